The van der Waals surface area contributed by atoms with Crippen molar-refractivity contribution in [2.75, 3.05) is 6.61 Å². The Morgan fingerprint density at radius 2 is 1.92 bits per heavy atom. The summed E-state index contributed by atoms with van der Waals surface area (Å²) in [6.45, 7) is 3.50. The standard InChI is InChI=1S/C19H20N4O2/c1-2-25-19-17(5-3-10-20-19)18(24)21-13-15-6-8-16(9-7-15)14-23-12-4-11-22-23/h3-12H,2,13-14H2,1H3,(H,21,24). The molecule has 0 radical (unpaired) electrons. The highest BCUT2D eigenvalue weighted by Crippen LogP contribution is 2.14. The van der Waals surface area contributed by atoms with Crippen molar-refractivity contribution in [2.24, 2.45) is 0 Å². The van der Waals surface area contributed by atoms with Gasteiger partial charge in [-0.15, -0.1) is 0 Å². The van der Waals surface area contributed by atoms with Gasteiger partial charge in [-0.2, -0.15) is 5.10 Å². The van der Waals surface area contributed by atoms with Crippen molar-refractivity contribution in [2.45, 2.75) is 20.0 Å². The van der Waals surface area contributed by atoms with Gasteiger partial charge in [-0.25, -0.2) is 4.98 Å². The van der Waals surface area contributed by atoms with Gasteiger partial charge in [0.1, 0.15) is 5.56 Å². The fourth-order valence-electron chi connectivity index (χ4n) is 2.44. The molecule has 25 heavy (non-hydrogen) atoms. The second-order valence-electron chi connectivity index (χ2n) is 5.49. The largest absolute Gasteiger partial charge is 0.477 e. The number of ether oxygens (including phenoxy) is 1. The number of carbonyl (C=O) groups is 1. The number of hydrogen-bond donors (Lipinski definition) is 1. The summed E-state index contributed by atoms with van der Waals surface area (Å²) in [5, 5.41) is 7.09. The molecule has 0 bridgehead atoms. The summed E-state index contributed by atoms with van der Waals surface area (Å²) in [6.07, 6.45) is 5.30. The summed E-state index contributed by atoms with van der Waals surface area (Å²) < 4.78 is 7.27. The topological polar surface area (TPSA) is 69.0 Å². The van der Waals surface area contributed by atoms with E-state index in [4.69, 9.17) is 4.74 Å². The molecule has 128 valence electrons. The molecule has 0 aliphatic carbocycles. The minimum Gasteiger partial charge on any atom is -0.477 e. The summed E-state index contributed by atoms with van der Waals surface area (Å²) >= 11 is 0. The fourth-order valence-corrected chi connectivity index (χ4v) is 2.44. The highest BCUT2D eigenvalue weighted by molar-refractivity contribution is 5.96. The van der Waals surface area contributed by atoms with E-state index >= 15 is 0 Å². The third-order valence-electron chi connectivity index (χ3n) is 3.68. The maximum atomic E-state index is 12.3. The van der Waals surface area contributed by atoms with Gasteiger partial charge in [0, 0.05) is 25.1 Å². The number of pyridine rings is 1. The summed E-state index contributed by atoms with van der Waals surface area (Å²) in [4.78, 5) is 16.4. The van der Waals surface area contributed by atoms with Crippen LogP contribution < -0.4 is 10.1 Å². The van der Waals surface area contributed by atoms with Crippen molar-refractivity contribution in [3.05, 3.63) is 77.7 Å². The molecule has 0 fully saturated rings. The van der Waals surface area contributed by atoms with Crippen LogP contribution in [-0.4, -0.2) is 27.3 Å². The molecule has 3 aromatic rings. The third-order valence-corrected chi connectivity index (χ3v) is 3.68. The SMILES string of the molecule is CCOc1ncccc1C(=O)NCc1ccc(Cn2cccn2)cc1. The summed E-state index contributed by atoms with van der Waals surface area (Å²) in [5.74, 6) is 0.161. The van der Waals surface area contributed by atoms with Crippen molar-refractivity contribution < 1.29 is 9.53 Å². The molecule has 3 rings (SSSR count). The van der Waals surface area contributed by atoms with Gasteiger partial charge in [0.25, 0.3) is 5.91 Å². The molecule has 1 amide bonds. The van der Waals surface area contributed by atoms with Gasteiger partial charge in [-0.05, 0) is 36.2 Å². The monoisotopic (exact) mass is 336 g/mol. The predicted octanol–water partition coefficient (Wildman–Crippen LogP) is 2.66. The zero-order valence-electron chi connectivity index (χ0n) is 14.1. The van der Waals surface area contributed by atoms with Crippen molar-refractivity contribution in [1.82, 2.24) is 20.1 Å². The van der Waals surface area contributed by atoms with E-state index in [1.165, 1.54) is 0 Å². The lowest BCUT2D eigenvalue weighted by molar-refractivity contribution is 0.0946. The molecule has 1 aromatic carbocycles. The fraction of sp³-hybridized carbons (Fsp3) is 0.211. The van der Waals surface area contributed by atoms with Gasteiger partial charge in [-0.3, -0.25) is 9.48 Å². The van der Waals surface area contributed by atoms with Crippen LogP contribution in [0.1, 0.15) is 28.4 Å². The van der Waals surface area contributed by atoms with Crippen LogP contribution in [0.15, 0.2) is 61.1 Å². The van der Waals surface area contributed by atoms with Crippen molar-refractivity contribution in [3.8, 4) is 5.88 Å². The number of aromatic nitrogens is 3. The van der Waals surface area contributed by atoms with Gasteiger partial charge >= 0.3 is 0 Å². The Kier molecular flexibility index (Phi) is 5.41. The van der Waals surface area contributed by atoms with Gasteiger partial charge in [0.15, 0.2) is 0 Å². The molecule has 6 heteroatoms. The Labute approximate surface area is 146 Å². The smallest absolute Gasteiger partial charge is 0.257 e. The van der Waals surface area contributed by atoms with E-state index in [0.717, 1.165) is 17.7 Å². The van der Waals surface area contributed by atoms with Gasteiger partial charge in [0.05, 0.1) is 13.2 Å². The van der Waals surface area contributed by atoms with Crippen molar-refractivity contribution in [3.63, 3.8) is 0 Å². The normalized spacial score (nSPS) is 10.4. The first-order valence-electron chi connectivity index (χ1n) is 8.17. The Hall–Kier alpha value is -3.15. The van der Waals surface area contributed by atoms with Crippen molar-refractivity contribution >= 4 is 5.91 Å². The highest BCUT2D eigenvalue weighted by atomic mass is 16.5. The van der Waals surface area contributed by atoms with Crippen LogP contribution in [0.25, 0.3) is 0 Å². The first kappa shape index (κ1) is 16.7. The second kappa shape index (κ2) is 8.10. The lowest BCUT2D eigenvalue weighted by Gasteiger charge is -2.10. The zero-order valence-corrected chi connectivity index (χ0v) is 14.1. The van der Waals surface area contributed by atoms with Crippen LogP contribution in [0.2, 0.25) is 0 Å². The molecular formula is C19H20N4O2. The molecule has 0 aliphatic rings. The Morgan fingerprint density at radius 1 is 1.12 bits per heavy atom. The summed E-state index contributed by atoms with van der Waals surface area (Å²) in [5.41, 5.74) is 2.63. The van der Waals surface area contributed by atoms with Gasteiger partial charge in [0.2, 0.25) is 5.88 Å². The molecule has 0 saturated carbocycles. The zero-order chi connectivity index (χ0) is 17.5. The second-order valence-corrected chi connectivity index (χ2v) is 5.49. The van der Waals surface area contributed by atoms with Crippen LogP contribution in [0.4, 0.5) is 0 Å². The number of nitrogens with zero attached hydrogens (tertiary/aromatic N) is 3. The molecule has 0 spiro atoms. The average Bonchev–Trinajstić information content (AvgIpc) is 3.15. The maximum Gasteiger partial charge on any atom is 0.257 e. The molecule has 1 N–H and O–H groups in total. The number of hydrogen-bond acceptors (Lipinski definition) is 4. The van der Waals surface area contributed by atoms with Crippen LogP contribution in [0.3, 0.4) is 0 Å². The third kappa shape index (κ3) is 4.44. The van der Waals surface area contributed by atoms with Crippen LogP contribution >= 0.6 is 0 Å². The average molecular weight is 336 g/mol. The number of amides is 1. The Morgan fingerprint density at radius 3 is 2.64 bits per heavy atom. The van der Waals surface area contributed by atoms with Crippen molar-refractivity contribution in [1.29, 1.82) is 0 Å². The lowest BCUT2D eigenvalue weighted by Crippen LogP contribution is -2.23. The first-order valence-corrected chi connectivity index (χ1v) is 8.17. The quantitative estimate of drug-likeness (QED) is 0.720. The molecule has 2 heterocycles. The summed E-state index contributed by atoms with van der Waals surface area (Å²) in [6, 6.07) is 13.4. The maximum absolute atomic E-state index is 12.3. The van der Waals surface area contributed by atoms with E-state index in [0.29, 0.717) is 24.6 Å². The molecule has 0 saturated heterocycles. The van der Waals surface area contributed by atoms with Crippen LogP contribution in [-0.2, 0) is 13.1 Å². The molecule has 0 aliphatic heterocycles. The van der Waals surface area contributed by atoms with Crippen LogP contribution in [0.5, 0.6) is 5.88 Å². The molecule has 0 unspecified atom stereocenters. The number of rotatable bonds is 7. The molecule has 0 atom stereocenters. The highest BCUT2D eigenvalue weighted by Gasteiger charge is 2.12. The lowest BCUT2D eigenvalue weighted by atomic mass is 10.1. The molecular weight excluding hydrogens is 316 g/mol. The van der Waals surface area contributed by atoms with E-state index in [-0.39, 0.29) is 5.91 Å². The van der Waals surface area contributed by atoms with E-state index in [1.54, 1.807) is 24.5 Å². The Bertz CT molecular complexity index is 814. The minimum atomic E-state index is -0.197. The van der Waals surface area contributed by atoms with Gasteiger partial charge in [-0.1, -0.05) is 24.3 Å². The van der Waals surface area contributed by atoms with E-state index in [1.807, 2.05) is 48.1 Å². The number of nitrogens with one attached hydrogen (secondary N) is 1. The van der Waals surface area contributed by atoms with E-state index < -0.39 is 0 Å². The number of benzene rings is 1. The van der Waals surface area contributed by atoms with E-state index in [2.05, 4.69) is 15.4 Å². The summed E-state index contributed by atoms with van der Waals surface area (Å²) in [7, 11) is 0. The van der Waals surface area contributed by atoms with Crippen LogP contribution in [0, 0.1) is 0 Å². The van der Waals surface area contributed by atoms with E-state index in [9.17, 15) is 4.79 Å². The Balaban J connectivity index is 1.59. The molecule has 6 nitrogen and oxygen atoms in total. The van der Waals surface area contributed by atoms with Gasteiger partial charge < -0.3 is 10.1 Å². The minimum absolute atomic E-state index is 0.197. The number of carbonyl (C=O) groups excluding carboxylic acids is 1. The molecule has 2 aromatic heterocycles. The predicted molar refractivity (Wildman–Crippen MR) is 94.3 cm³/mol. The first-order chi connectivity index (χ1) is 12.3.